The first-order valence-electron chi connectivity index (χ1n) is 6.04. The van der Waals surface area contributed by atoms with Crippen molar-refractivity contribution in [3.05, 3.63) is 33.3 Å². The molecule has 1 aromatic carbocycles. The number of aromatic nitrogens is 1. The van der Waals surface area contributed by atoms with Gasteiger partial charge in [0, 0.05) is 12.4 Å². The van der Waals surface area contributed by atoms with Gasteiger partial charge in [0.25, 0.3) is 0 Å². The molecule has 2 rings (SSSR count). The second kappa shape index (κ2) is 5.33. The molecule has 0 radical (unpaired) electrons. The number of nitrogens with one attached hydrogen (secondary N) is 1. The average Bonchev–Trinajstić information content (AvgIpc) is 2.36. The van der Waals surface area contributed by atoms with Crippen molar-refractivity contribution in [2.24, 2.45) is 0 Å². The van der Waals surface area contributed by atoms with Crippen LogP contribution in [0.4, 0.5) is 5.82 Å². The summed E-state index contributed by atoms with van der Waals surface area (Å²) < 4.78 is 0. The van der Waals surface area contributed by atoms with Crippen molar-refractivity contribution in [3.8, 4) is 0 Å². The molecule has 1 heterocycles. The number of nitrogens with zero attached hydrogens (tertiary/aromatic N) is 1. The molecule has 1 N–H and O–H groups in total. The van der Waals surface area contributed by atoms with Gasteiger partial charge in [-0.05, 0) is 36.6 Å². The lowest BCUT2D eigenvalue weighted by Gasteiger charge is -2.12. The molecule has 2 nitrogen and oxygen atoms in total. The summed E-state index contributed by atoms with van der Waals surface area (Å²) in [5.41, 5.74) is 2.92. The monoisotopic (exact) mass is 282 g/mol. The molecule has 2 aromatic rings. The summed E-state index contributed by atoms with van der Waals surface area (Å²) in [7, 11) is 1.87. The predicted molar refractivity (Wildman–Crippen MR) is 80.0 cm³/mol. The van der Waals surface area contributed by atoms with Crippen LogP contribution in [-0.4, -0.2) is 12.0 Å². The summed E-state index contributed by atoms with van der Waals surface area (Å²) in [6, 6.07) is 3.96. The van der Waals surface area contributed by atoms with Gasteiger partial charge in [0.15, 0.2) is 0 Å². The van der Waals surface area contributed by atoms with Crippen LogP contribution in [-0.2, 0) is 6.42 Å². The highest BCUT2D eigenvalue weighted by atomic mass is 35.5. The van der Waals surface area contributed by atoms with E-state index in [9.17, 15) is 0 Å². The molecule has 18 heavy (non-hydrogen) atoms. The molecule has 1 aromatic heterocycles. The zero-order valence-corrected chi connectivity index (χ0v) is 12.3. The SMILES string of the molecule is CCCc1cc2c(Cl)c(C)cc(Cl)c2nc1NC. The predicted octanol–water partition coefficient (Wildman–Crippen LogP) is 4.84. The van der Waals surface area contributed by atoms with E-state index in [-0.39, 0.29) is 0 Å². The first-order valence-corrected chi connectivity index (χ1v) is 6.80. The second-order valence-corrected chi connectivity index (χ2v) is 5.17. The fraction of sp³-hybridized carbons (Fsp3) is 0.357. The summed E-state index contributed by atoms with van der Waals surface area (Å²) in [4.78, 5) is 4.59. The van der Waals surface area contributed by atoms with Crippen LogP contribution in [0.1, 0.15) is 24.5 Å². The summed E-state index contributed by atoms with van der Waals surface area (Å²) in [6.45, 7) is 4.10. The number of halogens is 2. The molecule has 0 amide bonds. The van der Waals surface area contributed by atoms with Gasteiger partial charge < -0.3 is 5.32 Å². The summed E-state index contributed by atoms with van der Waals surface area (Å²) in [5, 5.41) is 5.44. The number of fused-ring (bicyclic) bond motifs is 1. The third-order valence-electron chi connectivity index (χ3n) is 3.01. The molecule has 0 fully saturated rings. The molecule has 0 bridgehead atoms. The lowest BCUT2D eigenvalue weighted by molar-refractivity contribution is 0.919. The zero-order valence-electron chi connectivity index (χ0n) is 10.8. The van der Waals surface area contributed by atoms with E-state index in [1.165, 1.54) is 5.56 Å². The molecule has 0 saturated heterocycles. The van der Waals surface area contributed by atoms with Crippen molar-refractivity contribution in [2.45, 2.75) is 26.7 Å². The van der Waals surface area contributed by atoms with Crippen LogP contribution in [0.15, 0.2) is 12.1 Å². The van der Waals surface area contributed by atoms with E-state index in [4.69, 9.17) is 23.2 Å². The standard InChI is InChI=1S/C14H16Cl2N2/c1-4-5-9-7-10-12(16)8(2)6-11(15)13(10)18-14(9)17-3/h6-7H,4-5H2,1-3H3,(H,17,18). The summed E-state index contributed by atoms with van der Waals surface area (Å²) in [5.74, 6) is 0.881. The van der Waals surface area contributed by atoms with E-state index in [1.807, 2.05) is 20.0 Å². The van der Waals surface area contributed by atoms with Gasteiger partial charge in [0.2, 0.25) is 0 Å². The minimum Gasteiger partial charge on any atom is -0.373 e. The number of aryl methyl sites for hydroxylation is 2. The minimum absolute atomic E-state index is 0.645. The number of anilines is 1. The van der Waals surface area contributed by atoms with Crippen LogP contribution in [0.5, 0.6) is 0 Å². The van der Waals surface area contributed by atoms with E-state index >= 15 is 0 Å². The molecule has 0 unspecified atom stereocenters. The number of hydrogen-bond donors (Lipinski definition) is 1. The average molecular weight is 283 g/mol. The first-order chi connectivity index (χ1) is 8.58. The van der Waals surface area contributed by atoms with Crippen LogP contribution in [0, 0.1) is 6.92 Å². The Kier molecular flexibility index (Phi) is 3.98. The highest BCUT2D eigenvalue weighted by molar-refractivity contribution is 6.40. The molecular weight excluding hydrogens is 267 g/mol. The van der Waals surface area contributed by atoms with Gasteiger partial charge in [0.05, 0.1) is 15.6 Å². The third kappa shape index (κ3) is 2.27. The Labute approximate surface area is 117 Å². The van der Waals surface area contributed by atoms with Gasteiger partial charge in [-0.1, -0.05) is 36.5 Å². The summed E-state index contributed by atoms with van der Waals surface area (Å²) in [6.07, 6.45) is 2.04. The maximum atomic E-state index is 6.35. The Morgan fingerprint density at radius 2 is 2.00 bits per heavy atom. The van der Waals surface area contributed by atoms with E-state index in [2.05, 4.69) is 23.3 Å². The Morgan fingerprint density at radius 1 is 1.28 bits per heavy atom. The van der Waals surface area contributed by atoms with Crippen molar-refractivity contribution in [2.75, 3.05) is 12.4 Å². The van der Waals surface area contributed by atoms with Crippen LogP contribution in [0.25, 0.3) is 10.9 Å². The number of pyridine rings is 1. The fourth-order valence-corrected chi connectivity index (χ4v) is 2.62. The Morgan fingerprint density at radius 3 is 2.61 bits per heavy atom. The van der Waals surface area contributed by atoms with Crippen LogP contribution >= 0.6 is 23.2 Å². The molecule has 96 valence electrons. The molecule has 0 saturated carbocycles. The Hall–Kier alpha value is -0.990. The molecule has 0 aliphatic heterocycles. The third-order valence-corrected chi connectivity index (χ3v) is 3.80. The lowest BCUT2D eigenvalue weighted by Crippen LogP contribution is -2.00. The molecule has 0 spiro atoms. The minimum atomic E-state index is 0.645. The molecule has 0 aliphatic carbocycles. The van der Waals surface area contributed by atoms with Gasteiger partial charge in [-0.3, -0.25) is 0 Å². The lowest BCUT2D eigenvalue weighted by atomic mass is 10.1. The van der Waals surface area contributed by atoms with E-state index < -0.39 is 0 Å². The van der Waals surface area contributed by atoms with Crippen molar-refractivity contribution in [1.82, 2.24) is 4.98 Å². The van der Waals surface area contributed by atoms with E-state index in [0.717, 1.165) is 40.1 Å². The highest BCUT2D eigenvalue weighted by Crippen LogP contribution is 2.34. The van der Waals surface area contributed by atoms with Gasteiger partial charge >= 0.3 is 0 Å². The van der Waals surface area contributed by atoms with E-state index in [0.29, 0.717) is 5.02 Å². The number of hydrogen-bond acceptors (Lipinski definition) is 2. The van der Waals surface area contributed by atoms with Gasteiger partial charge in [-0.2, -0.15) is 0 Å². The molecule has 4 heteroatoms. The Balaban J connectivity index is 2.78. The van der Waals surface area contributed by atoms with Crippen LogP contribution < -0.4 is 5.32 Å². The topological polar surface area (TPSA) is 24.9 Å². The van der Waals surface area contributed by atoms with Crippen LogP contribution in [0.2, 0.25) is 10.0 Å². The molecule has 0 aliphatic rings. The van der Waals surface area contributed by atoms with Gasteiger partial charge in [-0.25, -0.2) is 4.98 Å². The normalized spacial score (nSPS) is 10.9. The maximum Gasteiger partial charge on any atom is 0.129 e. The van der Waals surface area contributed by atoms with Crippen molar-refractivity contribution in [3.63, 3.8) is 0 Å². The van der Waals surface area contributed by atoms with E-state index in [1.54, 1.807) is 0 Å². The van der Waals surface area contributed by atoms with Crippen molar-refractivity contribution < 1.29 is 0 Å². The number of benzene rings is 1. The summed E-state index contributed by atoms with van der Waals surface area (Å²) >= 11 is 12.6. The van der Waals surface area contributed by atoms with Crippen molar-refractivity contribution in [1.29, 1.82) is 0 Å². The largest absolute Gasteiger partial charge is 0.373 e. The van der Waals surface area contributed by atoms with Gasteiger partial charge in [0.1, 0.15) is 5.82 Å². The van der Waals surface area contributed by atoms with Crippen molar-refractivity contribution >= 4 is 39.9 Å². The maximum absolute atomic E-state index is 6.35. The Bertz CT molecular complexity index is 594. The molecular formula is C14H16Cl2N2. The van der Waals surface area contributed by atoms with Gasteiger partial charge in [-0.15, -0.1) is 0 Å². The smallest absolute Gasteiger partial charge is 0.129 e. The number of rotatable bonds is 3. The quantitative estimate of drug-likeness (QED) is 0.871. The fourth-order valence-electron chi connectivity index (χ4n) is 2.11. The molecule has 0 atom stereocenters. The second-order valence-electron chi connectivity index (χ2n) is 4.38. The zero-order chi connectivity index (χ0) is 13.3. The highest BCUT2D eigenvalue weighted by Gasteiger charge is 2.12. The van der Waals surface area contributed by atoms with Crippen LogP contribution in [0.3, 0.4) is 0 Å². The first kappa shape index (κ1) is 13.4.